The molecule has 20 heavy (non-hydrogen) atoms. The molecule has 0 spiro atoms. The zero-order valence-corrected chi connectivity index (χ0v) is 13.0. The van der Waals surface area contributed by atoms with Crippen molar-refractivity contribution in [2.45, 2.75) is 37.1 Å². The number of sulfonamides is 1. The fraction of sp³-hybridized carbons (Fsp3) is 0.500. The summed E-state index contributed by atoms with van der Waals surface area (Å²) in [6.45, 7) is 3.64. The summed E-state index contributed by atoms with van der Waals surface area (Å²) in [7, 11) is -4.15. The van der Waals surface area contributed by atoms with Gasteiger partial charge >= 0.3 is 0 Å². The normalized spacial score (nSPS) is 12.1. The Balaban J connectivity index is 0.00000361. The van der Waals surface area contributed by atoms with Gasteiger partial charge in [0.25, 0.3) is 0 Å². The molecule has 1 aromatic rings. The van der Waals surface area contributed by atoms with E-state index in [1.54, 1.807) is 13.8 Å². The van der Waals surface area contributed by atoms with Crippen molar-refractivity contribution in [3.8, 4) is 0 Å². The molecule has 116 valence electrons. The molecule has 3 N–H and O–H groups in total. The predicted molar refractivity (Wildman–Crippen MR) is 76.3 cm³/mol. The van der Waals surface area contributed by atoms with E-state index in [1.165, 1.54) is 0 Å². The van der Waals surface area contributed by atoms with Crippen LogP contribution in [0.15, 0.2) is 23.1 Å². The van der Waals surface area contributed by atoms with Gasteiger partial charge in [-0.1, -0.05) is 19.9 Å². The molecule has 0 aromatic heterocycles. The first-order chi connectivity index (χ1) is 8.82. The molecule has 0 atom stereocenters. The van der Waals surface area contributed by atoms with Gasteiger partial charge in [-0.15, -0.1) is 12.4 Å². The second-order valence-electron chi connectivity index (χ2n) is 4.35. The topological polar surface area (TPSA) is 72.2 Å². The molecule has 0 aliphatic rings. The lowest BCUT2D eigenvalue weighted by atomic mass is 9.95. The Morgan fingerprint density at radius 3 is 2.25 bits per heavy atom. The van der Waals surface area contributed by atoms with Crippen LogP contribution < -0.4 is 10.5 Å². The average molecular weight is 329 g/mol. The van der Waals surface area contributed by atoms with E-state index in [-0.39, 0.29) is 19.0 Å². The minimum absolute atomic E-state index is 0. The molecule has 0 bridgehead atoms. The second-order valence-corrected chi connectivity index (χ2v) is 6.00. The highest BCUT2D eigenvalue weighted by molar-refractivity contribution is 7.89. The first kappa shape index (κ1) is 19.2. The Bertz CT molecular complexity index is 540. The van der Waals surface area contributed by atoms with Crippen LogP contribution in [-0.2, 0) is 10.0 Å². The molecule has 0 heterocycles. The number of rotatable bonds is 6. The third-order valence-corrected chi connectivity index (χ3v) is 4.90. The molecule has 0 saturated heterocycles. The Morgan fingerprint density at radius 1 is 1.25 bits per heavy atom. The van der Waals surface area contributed by atoms with E-state index in [1.807, 2.05) is 0 Å². The first-order valence-corrected chi connectivity index (χ1v) is 7.48. The van der Waals surface area contributed by atoms with Gasteiger partial charge in [-0.2, -0.15) is 0 Å². The van der Waals surface area contributed by atoms with Crippen molar-refractivity contribution < 1.29 is 17.2 Å². The average Bonchev–Trinajstić information content (AvgIpc) is 2.39. The molecular formula is C12H19ClF2N2O2S. The van der Waals surface area contributed by atoms with Crippen molar-refractivity contribution in [1.82, 2.24) is 4.72 Å². The van der Waals surface area contributed by atoms with Crippen molar-refractivity contribution in [3.05, 3.63) is 29.8 Å². The summed E-state index contributed by atoms with van der Waals surface area (Å²) in [5.74, 6) is -2.58. The maximum atomic E-state index is 13.6. The Morgan fingerprint density at radius 2 is 1.80 bits per heavy atom. The standard InChI is InChI=1S/C12H18F2N2O2S.ClH/c1-3-12(4-2,8-15)16-19(17,18)10-7-5-6-9(13)11(10)14;/h5-7,16H,3-4,8,15H2,1-2H3;1H. The molecule has 0 unspecified atom stereocenters. The van der Waals surface area contributed by atoms with Crippen LogP contribution in [0.1, 0.15) is 26.7 Å². The first-order valence-electron chi connectivity index (χ1n) is 6.00. The lowest BCUT2D eigenvalue weighted by molar-refractivity contribution is 0.362. The maximum absolute atomic E-state index is 13.6. The van der Waals surface area contributed by atoms with Gasteiger partial charge < -0.3 is 5.73 Å². The lowest BCUT2D eigenvalue weighted by Crippen LogP contribution is -2.52. The molecule has 4 nitrogen and oxygen atoms in total. The quantitative estimate of drug-likeness (QED) is 0.840. The molecule has 0 radical (unpaired) electrons. The summed E-state index contributed by atoms with van der Waals surface area (Å²) >= 11 is 0. The monoisotopic (exact) mass is 328 g/mol. The Kier molecular flexibility index (Phi) is 7.03. The zero-order valence-electron chi connectivity index (χ0n) is 11.3. The maximum Gasteiger partial charge on any atom is 0.244 e. The van der Waals surface area contributed by atoms with Crippen LogP contribution in [0.3, 0.4) is 0 Å². The van der Waals surface area contributed by atoms with E-state index in [9.17, 15) is 17.2 Å². The van der Waals surface area contributed by atoms with Crippen molar-refractivity contribution >= 4 is 22.4 Å². The van der Waals surface area contributed by atoms with Crippen molar-refractivity contribution in [2.24, 2.45) is 5.73 Å². The van der Waals surface area contributed by atoms with Gasteiger partial charge in [0.05, 0.1) is 0 Å². The molecule has 0 fully saturated rings. The summed E-state index contributed by atoms with van der Waals surface area (Å²) in [6.07, 6.45) is 0.909. The molecular weight excluding hydrogens is 310 g/mol. The Labute approximate surface area is 124 Å². The summed E-state index contributed by atoms with van der Waals surface area (Å²) < 4.78 is 53.3. The molecule has 0 aliphatic heterocycles. The van der Waals surface area contributed by atoms with E-state index >= 15 is 0 Å². The number of hydrogen-bond donors (Lipinski definition) is 2. The number of nitrogens with one attached hydrogen (secondary N) is 1. The lowest BCUT2D eigenvalue weighted by Gasteiger charge is -2.31. The van der Waals surface area contributed by atoms with E-state index < -0.39 is 32.1 Å². The fourth-order valence-corrected chi connectivity index (χ4v) is 3.40. The zero-order chi connectivity index (χ0) is 14.7. The van der Waals surface area contributed by atoms with Crippen LogP contribution >= 0.6 is 12.4 Å². The van der Waals surface area contributed by atoms with Crippen molar-refractivity contribution in [2.75, 3.05) is 6.54 Å². The largest absolute Gasteiger partial charge is 0.329 e. The summed E-state index contributed by atoms with van der Waals surface area (Å²) in [4.78, 5) is -0.702. The highest BCUT2D eigenvalue weighted by Crippen LogP contribution is 2.21. The van der Waals surface area contributed by atoms with Gasteiger partial charge in [0, 0.05) is 12.1 Å². The van der Waals surface area contributed by atoms with Gasteiger partial charge in [0.15, 0.2) is 11.6 Å². The van der Waals surface area contributed by atoms with Crippen LogP contribution in [0.4, 0.5) is 8.78 Å². The van der Waals surface area contributed by atoms with E-state index in [0.717, 1.165) is 18.2 Å². The van der Waals surface area contributed by atoms with Gasteiger partial charge in [0.1, 0.15) is 4.90 Å². The number of nitrogens with two attached hydrogens (primary N) is 1. The number of halogens is 3. The molecule has 1 aromatic carbocycles. The van der Waals surface area contributed by atoms with E-state index in [2.05, 4.69) is 4.72 Å². The molecule has 0 amide bonds. The highest BCUT2D eigenvalue weighted by Gasteiger charge is 2.32. The van der Waals surface area contributed by atoms with Gasteiger partial charge in [-0.25, -0.2) is 21.9 Å². The van der Waals surface area contributed by atoms with Crippen LogP contribution in [0.5, 0.6) is 0 Å². The second kappa shape index (κ2) is 7.31. The molecule has 8 heteroatoms. The third kappa shape index (κ3) is 3.88. The van der Waals surface area contributed by atoms with Crippen molar-refractivity contribution in [1.29, 1.82) is 0 Å². The van der Waals surface area contributed by atoms with Crippen LogP contribution in [0.25, 0.3) is 0 Å². The predicted octanol–water partition coefficient (Wildman–Crippen LogP) is 2.18. The van der Waals surface area contributed by atoms with Gasteiger partial charge in [-0.05, 0) is 25.0 Å². The third-order valence-electron chi connectivity index (χ3n) is 3.30. The summed E-state index contributed by atoms with van der Waals surface area (Å²) in [5.41, 5.74) is 4.74. The van der Waals surface area contributed by atoms with Gasteiger partial charge in [0.2, 0.25) is 10.0 Å². The summed E-state index contributed by atoms with van der Waals surface area (Å²) in [6, 6.07) is 3.03. The number of benzene rings is 1. The Hall–Kier alpha value is -0.760. The highest BCUT2D eigenvalue weighted by atomic mass is 35.5. The van der Waals surface area contributed by atoms with Gasteiger partial charge in [-0.3, -0.25) is 0 Å². The van der Waals surface area contributed by atoms with E-state index in [4.69, 9.17) is 5.73 Å². The SMILES string of the molecule is CCC(CC)(CN)NS(=O)(=O)c1cccc(F)c1F.Cl. The van der Waals surface area contributed by atoms with Crippen LogP contribution in [0, 0.1) is 11.6 Å². The smallest absolute Gasteiger partial charge is 0.244 e. The minimum atomic E-state index is -4.15. The molecule has 0 aliphatic carbocycles. The molecule has 0 saturated carbocycles. The molecule has 1 rings (SSSR count). The summed E-state index contributed by atoms with van der Waals surface area (Å²) in [5, 5.41) is 0. The van der Waals surface area contributed by atoms with Crippen LogP contribution in [0.2, 0.25) is 0 Å². The van der Waals surface area contributed by atoms with Crippen molar-refractivity contribution in [3.63, 3.8) is 0 Å². The minimum Gasteiger partial charge on any atom is -0.329 e. The number of hydrogen-bond acceptors (Lipinski definition) is 3. The van der Waals surface area contributed by atoms with Crippen LogP contribution in [-0.4, -0.2) is 20.5 Å². The van der Waals surface area contributed by atoms with E-state index in [0.29, 0.717) is 12.8 Å². The fourth-order valence-electron chi connectivity index (χ4n) is 1.76.